The fourth-order valence-electron chi connectivity index (χ4n) is 1.39. The molecule has 0 bridgehead atoms. The Morgan fingerprint density at radius 1 is 1.43 bits per heavy atom. The summed E-state index contributed by atoms with van der Waals surface area (Å²) in [6.07, 6.45) is 0. The van der Waals surface area contributed by atoms with E-state index in [0.717, 1.165) is 10.2 Å². The SMILES string of the molecule is OCc1cc2c(CBr)ccc(I)c2s1. The van der Waals surface area contributed by atoms with Crippen molar-refractivity contribution in [1.82, 2.24) is 0 Å². The van der Waals surface area contributed by atoms with Crippen LogP contribution in [0.5, 0.6) is 0 Å². The molecule has 0 fully saturated rings. The third-order valence-corrected chi connectivity index (χ3v) is 5.10. The molecule has 0 saturated carbocycles. The molecule has 0 aliphatic heterocycles. The van der Waals surface area contributed by atoms with Crippen molar-refractivity contribution in [1.29, 1.82) is 0 Å². The lowest BCUT2D eigenvalue weighted by Gasteiger charge is -1.99. The summed E-state index contributed by atoms with van der Waals surface area (Å²) in [5.74, 6) is 0. The van der Waals surface area contributed by atoms with Crippen molar-refractivity contribution in [2.24, 2.45) is 0 Å². The Kier molecular flexibility index (Phi) is 3.46. The molecule has 0 unspecified atom stereocenters. The van der Waals surface area contributed by atoms with Gasteiger partial charge in [0.25, 0.3) is 0 Å². The Hall–Kier alpha value is 0.350. The molecule has 1 nitrogen and oxygen atoms in total. The minimum absolute atomic E-state index is 0.136. The number of benzene rings is 1. The van der Waals surface area contributed by atoms with Crippen LogP contribution in [0.4, 0.5) is 0 Å². The van der Waals surface area contributed by atoms with Crippen molar-refractivity contribution >= 4 is 59.9 Å². The number of rotatable bonds is 2. The van der Waals surface area contributed by atoms with Crippen molar-refractivity contribution in [3.8, 4) is 0 Å². The van der Waals surface area contributed by atoms with Gasteiger partial charge < -0.3 is 5.11 Å². The van der Waals surface area contributed by atoms with E-state index < -0.39 is 0 Å². The number of halogens is 2. The van der Waals surface area contributed by atoms with Crippen molar-refractivity contribution in [2.45, 2.75) is 11.9 Å². The number of aliphatic hydroxyl groups is 1. The van der Waals surface area contributed by atoms with E-state index in [9.17, 15) is 0 Å². The van der Waals surface area contributed by atoms with Gasteiger partial charge in [0.1, 0.15) is 0 Å². The fourth-order valence-corrected chi connectivity index (χ4v) is 3.65. The summed E-state index contributed by atoms with van der Waals surface area (Å²) in [6, 6.07) is 6.34. The van der Waals surface area contributed by atoms with Gasteiger partial charge in [-0.25, -0.2) is 0 Å². The molecule has 0 atom stereocenters. The van der Waals surface area contributed by atoms with E-state index in [0.29, 0.717) is 0 Å². The standard InChI is InChI=1S/C10H8BrIOS/c11-4-6-1-2-9(12)10-8(6)3-7(5-13)14-10/h1-3,13H,4-5H2. The lowest BCUT2D eigenvalue weighted by molar-refractivity contribution is 0.285. The van der Waals surface area contributed by atoms with Crippen LogP contribution < -0.4 is 0 Å². The largest absolute Gasteiger partial charge is 0.391 e. The molecule has 1 N–H and O–H groups in total. The van der Waals surface area contributed by atoms with Crippen LogP contribution in [0.25, 0.3) is 10.1 Å². The van der Waals surface area contributed by atoms with Crippen LogP contribution in [0, 0.1) is 3.57 Å². The van der Waals surface area contributed by atoms with Crippen LogP contribution >= 0.6 is 49.9 Å². The van der Waals surface area contributed by atoms with Crippen LogP contribution in [0.15, 0.2) is 18.2 Å². The van der Waals surface area contributed by atoms with E-state index in [1.807, 2.05) is 0 Å². The minimum atomic E-state index is 0.136. The molecule has 0 saturated heterocycles. The van der Waals surface area contributed by atoms with Crippen LogP contribution in [-0.4, -0.2) is 5.11 Å². The molecule has 4 heteroatoms. The lowest BCUT2D eigenvalue weighted by atomic mass is 10.1. The maximum atomic E-state index is 9.09. The highest BCUT2D eigenvalue weighted by molar-refractivity contribution is 14.1. The second-order valence-electron chi connectivity index (χ2n) is 2.95. The van der Waals surface area contributed by atoms with Gasteiger partial charge in [0.05, 0.1) is 6.61 Å². The molecular formula is C10H8BrIOS. The number of hydrogen-bond donors (Lipinski definition) is 1. The summed E-state index contributed by atoms with van der Waals surface area (Å²) in [7, 11) is 0. The summed E-state index contributed by atoms with van der Waals surface area (Å²) < 4.78 is 2.54. The van der Waals surface area contributed by atoms with Crippen LogP contribution in [-0.2, 0) is 11.9 Å². The topological polar surface area (TPSA) is 20.2 Å². The van der Waals surface area contributed by atoms with E-state index in [1.54, 1.807) is 11.3 Å². The van der Waals surface area contributed by atoms with Gasteiger partial charge in [-0.1, -0.05) is 22.0 Å². The molecule has 0 aliphatic rings. The summed E-state index contributed by atoms with van der Waals surface area (Å²) in [4.78, 5) is 1.03. The van der Waals surface area contributed by atoms with E-state index >= 15 is 0 Å². The zero-order valence-corrected chi connectivity index (χ0v) is 11.8. The van der Waals surface area contributed by atoms with E-state index in [1.165, 1.54) is 19.2 Å². The summed E-state index contributed by atoms with van der Waals surface area (Å²) in [5.41, 5.74) is 1.29. The molecule has 1 aromatic heterocycles. The van der Waals surface area contributed by atoms with Crippen molar-refractivity contribution in [3.05, 3.63) is 32.2 Å². The zero-order valence-electron chi connectivity index (χ0n) is 7.26. The van der Waals surface area contributed by atoms with Gasteiger partial charge in [-0.05, 0) is 45.7 Å². The normalized spacial score (nSPS) is 11.1. The molecule has 1 aromatic carbocycles. The monoisotopic (exact) mass is 382 g/mol. The molecule has 0 spiro atoms. The lowest BCUT2D eigenvalue weighted by Crippen LogP contribution is -1.79. The molecular weight excluding hydrogens is 375 g/mol. The first-order chi connectivity index (χ1) is 6.76. The minimum Gasteiger partial charge on any atom is -0.391 e. The molecule has 0 radical (unpaired) electrons. The predicted molar refractivity (Wildman–Crippen MR) is 73.1 cm³/mol. The first kappa shape index (κ1) is 10.9. The Morgan fingerprint density at radius 3 is 2.86 bits per heavy atom. The third kappa shape index (κ3) is 1.85. The average molecular weight is 383 g/mol. The van der Waals surface area contributed by atoms with E-state index in [-0.39, 0.29) is 6.61 Å². The predicted octanol–water partition coefficient (Wildman–Crippen LogP) is 3.89. The summed E-state index contributed by atoms with van der Waals surface area (Å²) in [5, 5.41) is 11.2. The molecule has 0 amide bonds. The molecule has 2 rings (SSSR count). The Balaban J connectivity index is 2.74. The Labute approximate surface area is 108 Å². The van der Waals surface area contributed by atoms with Gasteiger partial charge in [-0.2, -0.15) is 0 Å². The first-order valence-electron chi connectivity index (χ1n) is 4.13. The van der Waals surface area contributed by atoms with Crippen LogP contribution in [0.3, 0.4) is 0 Å². The highest BCUT2D eigenvalue weighted by Crippen LogP contribution is 2.33. The van der Waals surface area contributed by atoms with E-state index in [2.05, 4.69) is 56.7 Å². The van der Waals surface area contributed by atoms with Gasteiger partial charge >= 0.3 is 0 Å². The van der Waals surface area contributed by atoms with Gasteiger partial charge in [0, 0.05) is 18.5 Å². The van der Waals surface area contributed by atoms with Gasteiger partial charge in [-0.15, -0.1) is 11.3 Å². The number of alkyl halides is 1. The second kappa shape index (κ2) is 4.47. The zero-order chi connectivity index (χ0) is 10.1. The van der Waals surface area contributed by atoms with Crippen LogP contribution in [0.1, 0.15) is 10.4 Å². The molecule has 2 aromatic rings. The van der Waals surface area contributed by atoms with E-state index in [4.69, 9.17) is 5.11 Å². The van der Waals surface area contributed by atoms with Crippen molar-refractivity contribution in [3.63, 3.8) is 0 Å². The van der Waals surface area contributed by atoms with Gasteiger partial charge in [0.2, 0.25) is 0 Å². The average Bonchev–Trinajstić information content (AvgIpc) is 2.63. The van der Waals surface area contributed by atoms with Crippen LogP contribution in [0.2, 0.25) is 0 Å². The molecule has 0 aliphatic carbocycles. The fraction of sp³-hybridized carbons (Fsp3) is 0.200. The first-order valence-corrected chi connectivity index (χ1v) is 7.14. The maximum Gasteiger partial charge on any atom is 0.0774 e. The molecule has 14 heavy (non-hydrogen) atoms. The number of thiophene rings is 1. The molecule has 1 heterocycles. The van der Waals surface area contributed by atoms with Gasteiger partial charge in [0.15, 0.2) is 0 Å². The highest BCUT2D eigenvalue weighted by Gasteiger charge is 2.07. The second-order valence-corrected chi connectivity index (χ2v) is 5.81. The summed E-state index contributed by atoms with van der Waals surface area (Å²) in [6.45, 7) is 0.136. The van der Waals surface area contributed by atoms with Gasteiger partial charge in [-0.3, -0.25) is 0 Å². The maximum absolute atomic E-state index is 9.09. The Bertz CT molecular complexity index is 466. The Morgan fingerprint density at radius 2 is 2.21 bits per heavy atom. The van der Waals surface area contributed by atoms with Crippen molar-refractivity contribution < 1.29 is 5.11 Å². The smallest absolute Gasteiger partial charge is 0.0774 e. The quantitative estimate of drug-likeness (QED) is 0.617. The van der Waals surface area contributed by atoms with Crippen molar-refractivity contribution in [2.75, 3.05) is 0 Å². The number of aliphatic hydroxyl groups excluding tert-OH is 1. The third-order valence-electron chi connectivity index (χ3n) is 2.08. The highest BCUT2D eigenvalue weighted by atomic mass is 127. The number of fused-ring (bicyclic) bond motifs is 1. The number of hydrogen-bond acceptors (Lipinski definition) is 2. The molecule has 74 valence electrons. The summed E-state index contributed by atoms with van der Waals surface area (Å²) >= 11 is 7.48.